The van der Waals surface area contributed by atoms with E-state index in [9.17, 15) is 0 Å². The summed E-state index contributed by atoms with van der Waals surface area (Å²) >= 11 is 0. The molecular formula is C16H14O2. The summed E-state index contributed by atoms with van der Waals surface area (Å²) in [6.07, 6.45) is -0.137. The highest BCUT2D eigenvalue weighted by molar-refractivity contribution is 5.56. The van der Waals surface area contributed by atoms with Crippen LogP contribution in [-0.4, -0.2) is 0 Å². The smallest absolute Gasteiger partial charge is 0.144 e. The summed E-state index contributed by atoms with van der Waals surface area (Å²) in [6, 6.07) is 12.7. The van der Waals surface area contributed by atoms with Crippen LogP contribution < -0.4 is 0 Å². The molecule has 0 aromatic heterocycles. The second kappa shape index (κ2) is 3.44. The number of hydrogen-bond acceptors (Lipinski definition) is 2. The Labute approximate surface area is 106 Å². The fourth-order valence-electron chi connectivity index (χ4n) is 3.16. The average Bonchev–Trinajstić information content (AvgIpc) is 2.43. The molecule has 2 aromatic carbocycles. The van der Waals surface area contributed by atoms with Gasteiger partial charge >= 0.3 is 0 Å². The molecular weight excluding hydrogens is 224 g/mol. The SMILES string of the molecule is Cc1ccc(C)c2c1C1OOC2c2ccccc21. The Morgan fingerprint density at radius 2 is 1.17 bits per heavy atom. The molecule has 0 radical (unpaired) electrons. The van der Waals surface area contributed by atoms with Gasteiger partial charge in [-0.1, -0.05) is 36.4 Å². The van der Waals surface area contributed by atoms with E-state index < -0.39 is 0 Å². The molecule has 90 valence electrons. The lowest BCUT2D eigenvalue weighted by molar-refractivity contribution is -0.360. The lowest BCUT2D eigenvalue weighted by Crippen LogP contribution is -2.30. The first-order valence-electron chi connectivity index (χ1n) is 6.28. The number of hydrogen-bond donors (Lipinski definition) is 0. The summed E-state index contributed by atoms with van der Waals surface area (Å²) in [7, 11) is 0. The molecule has 2 heterocycles. The van der Waals surface area contributed by atoms with Gasteiger partial charge in [0.2, 0.25) is 0 Å². The van der Waals surface area contributed by atoms with Crippen molar-refractivity contribution in [3.05, 3.63) is 69.8 Å². The standard InChI is InChI=1S/C16H14O2/c1-9-7-8-10(2)14-13(9)15-11-5-3-4-6-12(11)16(14)18-17-15/h3-8,15-16H,1-2H3. The van der Waals surface area contributed by atoms with Gasteiger partial charge in [-0.3, -0.25) is 0 Å². The van der Waals surface area contributed by atoms with Crippen molar-refractivity contribution >= 4 is 0 Å². The maximum atomic E-state index is 5.57. The lowest BCUT2D eigenvalue weighted by Gasteiger charge is -2.40. The van der Waals surface area contributed by atoms with Crippen molar-refractivity contribution in [2.45, 2.75) is 26.1 Å². The summed E-state index contributed by atoms with van der Waals surface area (Å²) in [5.74, 6) is 0. The highest BCUT2D eigenvalue weighted by Crippen LogP contribution is 2.51. The van der Waals surface area contributed by atoms with Crippen LogP contribution in [-0.2, 0) is 9.78 Å². The van der Waals surface area contributed by atoms with E-state index in [0.29, 0.717) is 0 Å². The molecule has 2 nitrogen and oxygen atoms in total. The molecule has 2 bridgehead atoms. The maximum absolute atomic E-state index is 5.57. The quantitative estimate of drug-likeness (QED) is 0.651. The van der Waals surface area contributed by atoms with E-state index in [2.05, 4.69) is 50.2 Å². The van der Waals surface area contributed by atoms with Gasteiger partial charge in [-0.25, -0.2) is 9.78 Å². The fourth-order valence-corrected chi connectivity index (χ4v) is 3.16. The molecule has 2 aromatic rings. The van der Waals surface area contributed by atoms with Gasteiger partial charge in [0.15, 0.2) is 0 Å². The molecule has 2 aliphatic heterocycles. The predicted octanol–water partition coefficient (Wildman–Crippen LogP) is 3.76. The van der Waals surface area contributed by atoms with E-state index in [1.165, 1.54) is 33.4 Å². The van der Waals surface area contributed by atoms with Gasteiger partial charge < -0.3 is 0 Å². The molecule has 1 aliphatic carbocycles. The Morgan fingerprint density at radius 1 is 0.722 bits per heavy atom. The van der Waals surface area contributed by atoms with E-state index in [1.807, 2.05) is 0 Å². The third-order valence-corrected chi connectivity index (χ3v) is 4.06. The lowest BCUT2D eigenvalue weighted by atomic mass is 9.77. The van der Waals surface area contributed by atoms with Crippen LogP contribution in [0.4, 0.5) is 0 Å². The van der Waals surface area contributed by atoms with Gasteiger partial charge in [0.1, 0.15) is 12.2 Å². The molecule has 0 saturated heterocycles. The maximum Gasteiger partial charge on any atom is 0.144 e. The summed E-state index contributed by atoms with van der Waals surface area (Å²) in [5, 5.41) is 0. The van der Waals surface area contributed by atoms with Crippen LogP contribution in [0.15, 0.2) is 36.4 Å². The van der Waals surface area contributed by atoms with Gasteiger partial charge in [-0.2, -0.15) is 0 Å². The van der Waals surface area contributed by atoms with Crippen LogP contribution in [0, 0.1) is 13.8 Å². The highest BCUT2D eigenvalue weighted by atomic mass is 17.2. The molecule has 3 aliphatic rings. The first-order valence-corrected chi connectivity index (χ1v) is 6.28. The van der Waals surface area contributed by atoms with Crippen molar-refractivity contribution in [1.29, 1.82) is 0 Å². The molecule has 2 atom stereocenters. The third kappa shape index (κ3) is 1.14. The Morgan fingerprint density at radius 3 is 1.61 bits per heavy atom. The number of fused-ring (bicyclic) bond motifs is 1. The van der Waals surface area contributed by atoms with Crippen LogP contribution in [0.3, 0.4) is 0 Å². The van der Waals surface area contributed by atoms with E-state index in [0.717, 1.165) is 0 Å². The second-order valence-corrected chi connectivity index (χ2v) is 5.11. The zero-order chi connectivity index (χ0) is 12.3. The molecule has 2 heteroatoms. The molecule has 0 spiro atoms. The first-order chi connectivity index (χ1) is 8.77. The van der Waals surface area contributed by atoms with Crippen molar-refractivity contribution < 1.29 is 9.78 Å². The molecule has 18 heavy (non-hydrogen) atoms. The van der Waals surface area contributed by atoms with Gasteiger partial charge in [-0.05, 0) is 47.2 Å². The average molecular weight is 238 g/mol. The Bertz CT molecular complexity index is 590. The topological polar surface area (TPSA) is 18.5 Å². The highest BCUT2D eigenvalue weighted by Gasteiger charge is 2.41. The Hall–Kier alpha value is -1.64. The van der Waals surface area contributed by atoms with E-state index in [-0.39, 0.29) is 12.2 Å². The van der Waals surface area contributed by atoms with Crippen molar-refractivity contribution in [2.24, 2.45) is 0 Å². The second-order valence-electron chi connectivity index (χ2n) is 5.11. The number of aryl methyl sites for hydroxylation is 2. The van der Waals surface area contributed by atoms with Crippen molar-refractivity contribution in [1.82, 2.24) is 0 Å². The van der Waals surface area contributed by atoms with Gasteiger partial charge in [0, 0.05) is 0 Å². The largest absolute Gasteiger partial charge is 0.223 e. The predicted molar refractivity (Wildman–Crippen MR) is 68.2 cm³/mol. The van der Waals surface area contributed by atoms with E-state index in [1.54, 1.807) is 0 Å². The Balaban J connectivity index is 2.07. The van der Waals surface area contributed by atoms with Gasteiger partial charge in [0.25, 0.3) is 0 Å². The van der Waals surface area contributed by atoms with Crippen LogP contribution in [0.5, 0.6) is 0 Å². The molecule has 0 saturated carbocycles. The zero-order valence-corrected chi connectivity index (χ0v) is 10.4. The minimum atomic E-state index is -0.0684. The summed E-state index contributed by atoms with van der Waals surface area (Å²) in [4.78, 5) is 11.1. The summed E-state index contributed by atoms with van der Waals surface area (Å²) < 4.78 is 0. The normalized spacial score (nSPS) is 23.7. The minimum absolute atomic E-state index is 0.0684. The third-order valence-electron chi connectivity index (χ3n) is 4.06. The van der Waals surface area contributed by atoms with Crippen LogP contribution in [0.25, 0.3) is 0 Å². The monoisotopic (exact) mass is 238 g/mol. The van der Waals surface area contributed by atoms with E-state index in [4.69, 9.17) is 9.78 Å². The number of benzene rings is 2. The van der Waals surface area contributed by atoms with Crippen LogP contribution in [0.2, 0.25) is 0 Å². The first kappa shape index (κ1) is 10.3. The van der Waals surface area contributed by atoms with Gasteiger partial charge in [-0.15, -0.1) is 0 Å². The molecule has 2 unspecified atom stereocenters. The fraction of sp³-hybridized carbons (Fsp3) is 0.250. The van der Waals surface area contributed by atoms with E-state index >= 15 is 0 Å². The summed E-state index contributed by atoms with van der Waals surface area (Å²) in [5.41, 5.74) is 7.65. The molecule has 0 N–H and O–H groups in total. The van der Waals surface area contributed by atoms with Crippen molar-refractivity contribution in [3.63, 3.8) is 0 Å². The van der Waals surface area contributed by atoms with Gasteiger partial charge in [0.05, 0.1) is 0 Å². The van der Waals surface area contributed by atoms with Crippen molar-refractivity contribution in [2.75, 3.05) is 0 Å². The van der Waals surface area contributed by atoms with Crippen LogP contribution in [0.1, 0.15) is 45.6 Å². The zero-order valence-electron chi connectivity index (χ0n) is 10.4. The summed E-state index contributed by atoms with van der Waals surface area (Å²) in [6.45, 7) is 4.29. The Kier molecular flexibility index (Phi) is 1.97. The van der Waals surface area contributed by atoms with Crippen LogP contribution >= 0.6 is 0 Å². The number of rotatable bonds is 0. The van der Waals surface area contributed by atoms with Crippen molar-refractivity contribution in [3.8, 4) is 0 Å². The molecule has 0 fully saturated rings. The minimum Gasteiger partial charge on any atom is -0.223 e. The molecule has 0 amide bonds. The molecule has 5 rings (SSSR count).